The quantitative estimate of drug-likeness (QED) is 0.808. The molecule has 1 rings (SSSR count). The van der Waals surface area contributed by atoms with E-state index in [0.29, 0.717) is 6.61 Å². The summed E-state index contributed by atoms with van der Waals surface area (Å²) < 4.78 is 10.7. The van der Waals surface area contributed by atoms with Gasteiger partial charge in [-0.2, -0.15) is 0 Å². The van der Waals surface area contributed by atoms with Crippen LogP contribution >= 0.6 is 0 Å². The van der Waals surface area contributed by atoms with Gasteiger partial charge in [0, 0.05) is 11.6 Å². The monoisotopic (exact) mass is 209 g/mol. The van der Waals surface area contributed by atoms with E-state index in [1.807, 2.05) is 38.1 Å². The molecule has 0 atom stereocenters. The zero-order valence-electron chi connectivity index (χ0n) is 9.62. The molecule has 0 spiro atoms. The molecule has 0 aliphatic carbocycles. The second-order valence-electron chi connectivity index (χ2n) is 4.27. The van der Waals surface area contributed by atoms with Gasteiger partial charge in [0.1, 0.15) is 11.5 Å². The van der Waals surface area contributed by atoms with E-state index in [1.165, 1.54) is 0 Å². The van der Waals surface area contributed by atoms with Gasteiger partial charge in [0.05, 0.1) is 13.7 Å². The largest absolute Gasteiger partial charge is 0.497 e. The minimum absolute atomic E-state index is 0.182. The summed E-state index contributed by atoms with van der Waals surface area (Å²) in [7, 11) is 1.64. The second-order valence-corrected chi connectivity index (χ2v) is 4.27. The van der Waals surface area contributed by atoms with Gasteiger partial charge in [-0.25, -0.2) is 0 Å². The first kappa shape index (κ1) is 11.9. The van der Waals surface area contributed by atoms with Crippen LogP contribution < -0.4 is 15.2 Å². The predicted octanol–water partition coefficient (Wildman–Crippen LogP) is 2.20. The van der Waals surface area contributed by atoms with Crippen LogP contribution in [0, 0.1) is 0 Å². The minimum atomic E-state index is -0.182. The summed E-state index contributed by atoms with van der Waals surface area (Å²) in [5, 5.41) is 0. The third-order valence-electron chi connectivity index (χ3n) is 2.06. The Morgan fingerprint density at radius 3 is 2.53 bits per heavy atom. The number of nitrogens with two attached hydrogens (primary N) is 1. The van der Waals surface area contributed by atoms with Gasteiger partial charge < -0.3 is 15.2 Å². The fourth-order valence-corrected chi connectivity index (χ4v) is 1.12. The number of methoxy groups -OCH3 is 1. The zero-order chi connectivity index (χ0) is 11.3. The van der Waals surface area contributed by atoms with E-state index < -0.39 is 0 Å². The van der Waals surface area contributed by atoms with Crippen molar-refractivity contribution in [2.45, 2.75) is 25.8 Å². The van der Waals surface area contributed by atoms with E-state index in [9.17, 15) is 0 Å². The molecule has 0 unspecified atom stereocenters. The molecule has 0 amide bonds. The molecule has 0 aromatic heterocycles. The van der Waals surface area contributed by atoms with Crippen molar-refractivity contribution in [3.05, 3.63) is 24.3 Å². The molecule has 0 radical (unpaired) electrons. The summed E-state index contributed by atoms with van der Waals surface area (Å²) >= 11 is 0. The lowest BCUT2D eigenvalue weighted by molar-refractivity contribution is 0.273. The van der Waals surface area contributed by atoms with Crippen LogP contribution in [-0.2, 0) is 0 Å². The number of rotatable bonds is 5. The summed E-state index contributed by atoms with van der Waals surface area (Å²) in [4.78, 5) is 0. The summed E-state index contributed by atoms with van der Waals surface area (Å²) in [6.07, 6.45) is 0.824. The maximum Gasteiger partial charge on any atom is 0.122 e. The molecule has 0 saturated heterocycles. The molecule has 84 valence electrons. The highest BCUT2D eigenvalue weighted by atomic mass is 16.5. The third-order valence-corrected chi connectivity index (χ3v) is 2.06. The minimum Gasteiger partial charge on any atom is -0.497 e. The first-order valence-electron chi connectivity index (χ1n) is 5.07. The first-order chi connectivity index (χ1) is 7.01. The first-order valence-corrected chi connectivity index (χ1v) is 5.07. The van der Waals surface area contributed by atoms with E-state index in [-0.39, 0.29) is 5.54 Å². The van der Waals surface area contributed by atoms with Gasteiger partial charge in [-0.15, -0.1) is 0 Å². The Morgan fingerprint density at radius 1 is 1.27 bits per heavy atom. The van der Waals surface area contributed by atoms with Crippen LogP contribution in [0.3, 0.4) is 0 Å². The van der Waals surface area contributed by atoms with Crippen molar-refractivity contribution < 1.29 is 9.47 Å². The number of hydrogen-bond donors (Lipinski definition) is 1. The molecule has 2 N–H and O–H groups in total. The lowest BCUT2D eigenvalue weighted by Gasteiger charge is -2.18. The van der Waals surface area contributed by atoms with Gasteiger partial charge in [0.25, 0.3) is 0 Å². The average molecular weight is 209 g/mol. The van der Waals surface area contributed by atoms with E-state index in [2.05, 4.69) is 0 Å². The van der Waals surface area contributed by atoms with Gasteiger partial charge in [0.15, 0.2) is 0 Å². The van der Waals surface area contributed by atoms with Crippen molar-refractivity contribution in [3.8, 4) is 11.5 Å². The highest BCUT2D eigenvalue weighted by molar-refractivity contribution is 5.32. The third kappa shape index (κ3) is 4.70. The highest BCUT2D eigenvalue weighted by Gasteiger charge is 2.10. The predicted molar refractivity (Wildman–Crippen MR) is 61.4 cm³/mol. The van der Waals surface area contributed by atoms with Crippen molar-refractivity contribution in [1.82, 2.24) is 0 Å². The highest BCUT2D eigenvalue weighted by Crippen LogP contribution is 2.19. The van der Waals surface area contributed by atoms with E-state index in [0.717, 1.165) is 17.9 Å². The van der Waals surface area contributed by atoms with Crippen LogP contribution in [0.4, 0.5) is 0 Å². The molecule has 0 fully saturated rings. The molecular weight excluding hydrogens is 190 g/mol. The average Bonchev–Trinajstić information content (AvgIpc) is 2.16. The SMILES string of the molecule is COc1cccc(OCCC(C)(C)N)c1. The summed E-state index contributed by atoms with van der Waals surface area (Å²) in [5.74, 6) is 1.62. The molecule has 1 aromatic rings. The van der Waals surface area contributed by atoms with Crippen molar-refractivity contribution in [2.75, 3.05) is 13.7 Å². The van der Waals surface area contributed by atoms with Gasteiger partial charge in [-0.3, -0.25) is 0 Å². The molecule has 3 heteroatoms. The van der Waals surface area contributed by atoms with Crippen molar-refractivity contribution in [1.29, 1.82) is 0 Å². The number of benzene rings is 1. The number of hydrogen-bond acceptors (Lipinski definition) is 3. The Morgan fingerprint density at radius 2 is 1.93 bits per heavy atom. The molecule has 0 bridgehead atoms. The summed E-state index contributed by atoms with van der Waals surface area (Å²) in [6.45, 7) is 4.60. The summed E-state index contributed by atoms with van der Waals surface area (Å²) in [5.41, 5.74) is 5.67. The van der Waals surface area contributed by atoms with Crippen LogP contribution in [0.1, 0.15) is 20.3 Å². The Balaban J connectivity index is 2.44. The van der Waals surface area contributed by atoms with Crippen molar-refractivity contribution in [2.24, 2.45) is 5.73 Å². The smallest absolute Gasteiger partial charge is 0.122 e. The maximum atomic E-state index is 5.85. The maximum absolute atomic E-state index is 5.85. The molecule has 0 aliphatic rings. The zero-order valence-corrected chi connectivity index (χ0v) is 9.62. The lowest BCUT2D eigenvalue weighted by atomic mass is 10.0. The Labute approximate surface area is 91.2 Å². The summed E-state index contributed by atoms with van der Waals surface area (Å²) in [6, 6.07) is 7.57. The molecule has 0 aliphatic heterocycles. The van der Waals surface area contributed by atoms with Crippen LogP contribution in [-0.4, -0.2) is 19.3 Å². The number of ether oxygens (including phenoxy) is 2. The topological polar surface area (TPSA) is 44.5 Å². The van der Waals surface area contributed by atoms with Gasteiger partial charge in [-0.1, -0.05) is 6.07 Å². The van der Waals surface area contributed by atoms with Crippen LogP contribution in [0.25, 0.3) is 0 Å². The van der Waals surface area contributed by atoms with Crippen molar-refractivity contribution in [3.63, 3.8) is 0 Å². The second kappa shape index (κ2) is 5.03. The van der Waals surface area contributed by atoms with Crippen LogP contribution in [0.2, 0.25) is 0 Å². The molecule has 1 aromatic carbocycles. The molecule has 0 heterocycles. The fraction of sp³-hybridized carbons (Fsp3) is 0.500. The van der Waals surface area contributed by atoms with Crippen LogP contribution in [0.15, 0.2) is 24.3 Å². The Kier molecular flexibility index (Phi) is 3.97. The Hall–Kier alpha value is -1.22. The molecular formula is C12H19NO2. The standard InChI is InChI=1S/C12H19NO2/c1-12(2,13)7-8-15-11-6-4-5-10(9-11)14-3/h4-6,9H,7-8,13H2,1-3H3. The lowest BCUT2D eigenvalue weighted by Crippen LogP contribution is -2.33. The Bertz CT molecular complexity index is 305. The molecule has 0 saturated carbocycles. The molecule has 15 heavy (non-hydrogen) atoms. The van der Waals surface area contributed by atoms with Crippen molar-refractivity contribution >= 4 is 0 Å². The molecule has 3 nitrogen and oxygen atoms in total. The normalized spacial score (nSPS) is 11.2. The van der Waals surface area contributed by atoms with Gasteiger partial charge in [0.2, 0.25) is 0 Å². The van der Waals surface area contributed by atoms with E-state index in [1.54, 1.807) is 7.11 Å². The van der Waals surface area contributed by atoms with E-state index >= 15 is 0 Å². The van der Waals surface area contributed by atoms with Crippen LogP contribution in [0.5, 0.6) is 11.5 Å². The van der Waals surface area contributed by atoms with E-state index in [4.69, 9.17) is 15.2 Å². The van der Waals surface area contributed by atoms with Gasteiger partial charge in [-0.05, 0) is 32.4 Å². The van der Waals surface area contributed by atoms with Gasteiger partial charge >= 0.3 is 0 Å². The fourth-order valence-electron chi connectivity index (χ4n) is 1.12.